The van der Waals surface area contributed by atoms with E-state index in [-0.39, 0.29) is 75.4 Å². The van der Waals surface area contributed by atoms with E-state index in [0.29, 0.717) is 12.8 Å². The summed E-state index contributed by atoms with van der Waals surface area (Å²) in [7, 11) is 0. The van der Waals surface area contributed by atoms with E-state index in [1.54, 1.807) is 0 Å². The number of ether oxygens (including phenoxy) is 4. The van der Waals surface area contributed by atoms with Gasteiger partial charge in [-0.2, -0.15) is 0 Å². The smallest absolute Gasteiger partial charge is 0.309 e. The van der Waals surface area contributed by atoms with Crippen molar-refractivity contribution in [2.75, 3.05) is 39.6 Å². The average molecular weight is 831 g/mol. The monoisotopic (exact) mass is 831 g/mol. The molecule has 0 radical (unpaired) electrons. The third-order valence-corrected chi connectivity index (χ3v) is 10.2. The average Bonchev–Trinajstić information content (AvgIpc) is 3.23. The molecule has 0 heterocycles. The Labute approximate surface area is 357 Å². The second-order valence-corrected chi connectivity index (χ2v) is 15.6. The summed E-state index contributed by atoms with van der Waals surface area (Å²) in [5.74, 6) is -0.728. The molecule has 0 aliphatic carbocycles. The van der Waals surface area contributed by atoms with Crippen LogP contribution in [0.5, 0.6) is 0 Å². The highest BCUT2D eigenvalue weighted by atomic mass is 16.6. The maximum atomic E-state index is 11.9. The second kappa shape index (κ2) is 50.9. The van der Waals surface area contributed by atoms with Crippen molar-refractivity contribution in [3.05, 3.63) is 0 Å². The van der Waals surface area contributed by atoms with Crippen LogP contribution >= 0.6 is 0 Å². The van der Waals surface area contributed by atoms with Gasteiger partial charge in [0.15, 0.2) is 0 Å². The Hall–Kier alpha value is -2.20. The molecule has 0 aromatic rings. The van der Waals surface area contributed by atoms with Gasteiger partial charge in [-0.1, -0.05) is 183 Å². The predicted octanol–water partition coefficient (Wildman–Crippen LogP) is 12.2. The molecule has 58 heavy (non-hydrogen) atoms. The standard InChI is InChI=1S/C18H34O4.C16H32O3.C14H28O3/c1-5-9-11-15(7-3)17(19)21-13-14-22-18(20)16(8-4)12-10-6-2;1-2-3-4-5-6-7-8-9-10-11-12-13-16(18)19-15-14-17;1-2-3-4-5-6-7-8-9-10-11-14(16)17-13-12-15/h15-16H,5-14H2,1-4H3;17H,2-15H2,1H3;15H,2-13H2,1H3. The minimum absolute atomic E-state index is 0.0244. The van der Waals surface area contributed by atoms with Crippen molar-refractivity contribution in [3.8, 4) is 0 Å². The SMILES string of the molecule is CCCCC(CC)C(=O)OCCOC(=O)C(CC)CCCC.CCCCCCCCCCCC(=O)OCCO.CCCCCCCCCCCCCC(=O)OCCO. The van der Waals surface area contributed by atoms with E-state index >= 15 is 0 Å². The maximum absolute atomic E-state index is 11.9. The van der Waals surface area contributed by atoms with Gasteiger partial charge in [-0.15, -0.1) is 0 Å². The second-order valence-electron chi connectivity index (χ2n) is 15.6. The summed E-state index contributed by atoms with van der Waals surface area (Å²) in [6.45, 7) is 13.1. The van der Waals surface area contributed by atoms with Crippen molar-refractivity contribution in [2.45, 2.75) is 234 Å². The molecule has 0 aromatic carbocycles. The summed E-state index contributed by atoms with van der Waals surface area (Å²) in [4.78, 5) is 46.0. The fourth-order valence-corrected chi connectivity index (χ4v) is 6.38. The van der Waals surface area contributed by atoms with Crippen molar-refractivity contribution in [3.63, 3.8) is 0 Å². The number of aliphatic hydroxyl groups excluding tert-OH is 2. The van der Waals surface area contributed by atoms with E-state index in [9.17, 15) is 19.2 Å². The van der Waals surface area contributed by atoms with Gasteiger partial charge in [0.25, 0.3) is 0 Å². The van der Waals surface area contributed by atoms with Crippen LogP contribution in [-0.4, -0.2) is 73.7 Å². The molecule has 0 spiro atoms. The van der Waals surface area contributed by atoms with E-state index in [2.05, 4.69) is 27.7 Å². The molecule has 346 valence electrons. The van der Waals surface area contributed by atoms with Crippen molar-refractivity contribution in [2.24, 2.45) is 11.8 Å². The fourth-order valence-electron chi connectivity index (χ4n) is 6.38. The largest absolute Gasteiger partial charge is 0.463 e. The molecule has 0 amide bonds. The van der Waals surface area contributed by atoms with Gasteiger partial charge < -0.3 is 29.2 Å². The van der Waals surface area contributed by atoms with Crippen molar-refractivity contribution in [1.29, 1.82) is 0 Å². The number of rotatable bonds is 39. The summed E-state index contributed by atoms with van der Waals surface area (Å²) in [6.07, 6.45) is 33.9. The number of carbonyl (C=O) groups is 4. The molecule has 0 saturated carbocycles. The number of aliphatic hydroxyl groups is 2. The van der Waals surface area contributed by atoms with Gasteiger partial charge in [-0.3, -0.25) is 19.2 Å². The van der Waals surface area contributed by atoms with E-state index in [0.717, 1.165) is 77.0 Å². The van der Waals surface area contributed by atoms with Gasteiger partial charge in [-0.25, -0.2) is 0 Å². The molecule has 0 aliphatic rings. The summed E-state index contributed by atoms with van der Waals surface area (Å²) < 4.78 is 20.0. The van der Waals surface area contributed by atoms with Crippen LogP contribution in [0.15, 0.2) is 0 Å². The van der Waals surface area contributed by atoms with Crippen LogP contribution in [0, 0.1) is 11.8 Å². The van der Waals surface area contributed by atoms with Gasteiger partial charge in [0, 0.05) is 12.8 Å². The molecule has 2 N–H and O–H groups in total. The van der Waals surface area contributed by atoms with Gasteiger partial charge in [0.2, 0.25) is 0 Å². The first-order valence-corrected chi connectivity index (χ1v) is 24.1. The topological polar surface area (TPSA) is 146 Å². The first-order valence-electron chi connectivity index (χ1n) is 24.1. The summed E-state index contributed by atoms with van der Waals surface area (Å²) in [5.41, 5.74) is 0. The predicted molar refractivity (Wildman–Crippen MR) is 238 cm³/mol. The molecule has 10 heteroatoms. The van der Waals surface area contributed by atoms with Crippen LogP contribution in [0.3, 0.4) is 0 Å². The quantitative estimate of drug-likeness (QED) is 0.0349. The Bertz CT molecular complexity index is 851. The number of carbonyl (C=O) groups excluding carboxylic acids is 4. The van der Waals surface area contributed by atoms with Crippen LogP contribution in [-0.2, 0) is 38.1 Å². The summed E-state index contributed by atoms with van der Waals surface area (Å²) in [5, 5.41) is 17.0. The third kappa shape index (κ3) is 46.5. The number of hydrogen-bond donors (Lipinski definition) is 2. The highest BCUT2D eigenvalue weighted by molar-refractivity contribution is 5.73. The van der Waals surface area contributed by atoms with Crippen LogP contribution < -0.4 is 0 Å². The Morgan fingerprint density at radius 3 is 0.897 bits per heavy atom. The van der Waals surface area contributed by atoms with Crippen LogP contribution in [0.25, 0.3) is 0 Å². The number of hydrogen-bond acceptors (Lipinski definition) is 10. The van der Waals surface area contributed by atoms with Crippen LogP contribution in [0.4, 0.5) is 0 Å². The lowest BCUT2D eigenvalue weighted by molar-refractivity contribution is -0.157. The number of esters is 4. The molecule has 0 rings (SSSR count). The zero-order valence-corrected chi connectivity index (χ0v) is 38.8. The maximum Gasteiger partial charge on any atom is 0.309 e. The lowest BCUT2D eigenvalue weighted by atomic mass is 10.00. The zero-order chi connectivity index (χ0) is 43.7. The molecule has 2 atom stereocenters. The fraction of sp³-hybridized carbons (Fsp3) is 0.917. The third-order valence-electron chi connectivity index (χ3n) is 10.2. The van der Waals surface area contributed by atoms with Crippen molar-refractivity contribution >= 4 is 23.9 Å². The van der Waals surface area contributed by atoms with Gasteiger partial charge >= 0.3 is 23.9 Å². The molecule has 0 bridgehead atoms. The zero-order valence-electron chi connectivity index (χ0n) is 38.8. The van der Waals surface area contributed by atoms with Crippen LogP contribution in [0.2, 0.25) is 0 Å². The van der Waals surface area contributed by atoms with E-state index in [1.807, 2.05) is 13.8 Å². The molecular weight excluding hydrogens is 737 g/mol. The highest BCUT2D eigenvalue weighted by Crippen LogP contribution is 2.16. The molecular formula is C48H94O10. The van der Waals surface area contributed by atoms with Crippen LogP contribution in [0.1, 0.15) is 234 Å². The van der Waals surface area contributed by atoms with Gasteiger partial charge in [0.05, 0.1) is 25.0 Å². The normalized spacial score (nSPS) is 11.7. The van der Waals surface area contributed by atoms with Crippen molar-refractivity contribution < 1.29 is 48.3 Å². The Morgan fingerprint density at radius 1 is 0.362 bits per heavy atom. The van der Waals surface area contributed by atoms with Gasteiger partial charge in [-0.05, 0) is 38.5 Å². The van der Waals surface area contributed by atoms with E-state index in [1.165, 1.54) is 103 Å². The minimum atomic E-state index is -0.179. The molecule has 10 nitrogen and oxygen atoms in total. The highest BCUT2D eigenvalue weighted by Gasteiger charge is 2.19. The lowest BCUT2D eigenvalue weighted by Crippen LogP contribution is -2.22. The Balaban J connectivity index is -0.000000789. The summed E-state index contributed by atoms with van der Waals surface area (Å²) in [6, 6.07) is 0. The lowest BCUT2D eigenvalue weighted by Gasteiger charge is -2.15. The molecule has 0 saturated heterocycles. The molecule has 2 unspecified atom stereocenters. The van der Waals surface area contributed by atoms with E-state index < -0.39 is 0 Å². The Kier molecular flexibility index (Phi) is 52.8. The minimum Gasteiger partial charge on any atom is -0.463 e. The van der Waals surface area contributed by atoms with Crippen molar-refractivity contribution in [1.82, 2.24) is 0 Å². The molecule has 0 aliphatic heterocycles. The molecule has 0 fully saturated rings. The summed E-state index contributed by atoms with van der Waals surface area (Å²) >= 11 is 0. The first-order chi connectivity index (χ1) is 28.2. The number of unbranched alkanes of at least 4 members (excludes halogenated alkanes) is 20. The molecule has 0 aromatic heterocycles. The van der Waals surface area contributed by atoms with Gasteiger partial charge in [0.1, 0.15) is 26.4 Å². The Morgan fingerprint density at radius 2 is 0.638 bits per heavy atom. The van der Waals surface area contributed by atoms with E-state index in [4.69, 9.17) is 29.2 Å². The first kappa shape index (κ1) is 60.1.